The van der Waals surface area contributed by atoms with Gasteiger partial charge in [-0.05, 0) is 5.56 Å². The van der Waals surface area contributed by atoms with E-state index in [-0.39, 0.29) is 17.3 Å². The minimum atomic E-state index is -4.32. The van der Waals surface area contributed by atoms with Crippen LogP contribution in [0, 0.1) is 0 Å². The van der Waals surface area contributed by atoms with Gasteiger partial charge < -0.3 is 0 Å². The van der Waals surface area contributed by atoms with Crippen LogP contribution in [0.2, 0.25) is 0 Å². The third-order valence-corrected chi connectivity index (χ3v) is 2.51. The Kier molecular flexibility index (Phi) is 3.80. The molecule has 0 amide bonds. The Morgan fingerprint density at radius 1 is 1.14 bits per heavy atom. The smallest absolute Gasteiger partial charge is 0.230 e. The SMILES string of the molecule is FC(SCC(F)(F)F)c1ccccc1. The zero-order chi connectivity index (χ0) is 10.6. The molecule has 1 aromatic carbocycles. The van der Waals surface area contributed by atoms with Crippen LogP contribution < -0.4 is 0 Å². The van der Waals surface area contributed by atoms with Gasteiger partial charge in [-0.1, -0.05) is 30.3 Å². The van der Waals surface area contributed by atoms with Crippen LogP contribution in [0.25, 0.3) is 0 Å². The predicted molar refractivity (Wildman–Crippen MR) is 48.8 cm³/mol. The number of benzene rings is 1. The molecular formula is C9H8F4S. The van der Waals surface area contributed by atoms with E-state index in [9.17, 15) is 17.6 Å². The molecule has 0 radical (unpaired) electrons. The topological polar surface area (TPSA) is 0 Å². The lowest BCUT2D eigenvalue weighted by molar-refractivity contribution is -0.105. The van der Waals surface area contributed by atoms with Crippen molar-refractivity contribution in [1.82, 2.24) is 0 Å². The maximum absolute atomic E-state index is 13.1. The Hall–Kier alpha value is -0.710. The summed E-state index contributed by atoms with van der Waals surface area (Å²) in [5.41, 5.74) is -1.35. The van der Waals surface area contributed by atoms with E-state index >= 15 is 0 Å². The van der Waals surface area contributed by atoms with Gasteiger partial charge in [-0.25, -0.2) is 4.39 Å². The van der Waals surface area contributed by atoms with Gasteiger partial charge in [0.2, 0.25) is 0 Å². The minimum Gasteiger partial charge on any atom is -0.230 e. The molecule has 0 aliphatic carbocycles. The Balaban J connectivity index is 2.48. The molecule has 0 nitrogen and oxygen atoms in total. The summed E-state index contributed by atoms with van der Waals surface area (Å²) in [5.74, 6) is -1.16. The maximum atomic E-state index is 13.1. The number of rotatable bonds is 3. The fourth-order valence-corrected chi connectivity index (χ4v) is 1.55. The summed E-state index contributed by atoms with van der Waals surface area (Å²) in [7, 11) is 0. The molecule has 0 aliphatic heterocycles. The highest BCUT2D eigenvalue weighted by Gasteiger charge is 2.29. The van der Waals surface area contributed by atoms with E-state index in [0.717, 1.165) is 0 Å². The Morgan fingerprint density at radius 2 is 1.71 bits per heavy atom. The van der Waals surface area contributed by atoms with Crippen molar-refractivity contribution in [2.75, 3.05) is 5.75 Å². The molecule has 0 N–H and O–H groups in total. The molecular weight excluding hydrogens is 216 g/mol. The first kappa shape index (κ1) is 11.4. The average molecular weight is 224 g/mol. The van der Waals surface area contributed by atoms with Gasteiger partial charge in [-0.2, -0.15) is 13.2 Å². The fourth-order valence-electron chi connectivity index (χ4n) is 0.868. The van der Waals surface area contributed by atoms with Gasteiger partial charge >= 0.3 is 6.18 Å². The van der Waals surface area contributed by atoms with Crippen LogP contribution in [-0.4, -0.2) is 11.9 Å². The minimum absolute atomic E-state index is 0.245. The molecule has 0 saturated carbocycles. The Bertz CT molecular complexity index is 270. The summed E-state index contributed by atoms with van der Waals surface area (Å²) < 4.78 is 48.4. The third kappa shape index (κ3) is 4.00. The summed E-state index contributed by atoms with van der Waals surface area (Å²) in [6.07, 6.45) is -4.32. The quantitative estimate of drug-likeness (QED) is 0.700. The number of halogens is 4. The van der Waals surface area contributed by atoms with Crippen LogP contribution in [0.3, 0.4) is 0 Å². The van der Waals surface area contributed by atoms with Gasteiger partial charge in [-0.15, -0.1) is 11.8 Å². The van der Waals surface area contributed by atoms with Gasteiger partial charge in [-0.3, -0.25) is 0 Å². The fraction of sp³-hybridized carbons (Fsp3) is 0.333. The summed E-state index contributed by atoms with van der Waals surface area (Å²) in [6, 6.07) is 7.80. The van der Waals surface area contributed by atoms with Crippen LogP contribution in [0.5, 0.6) is 0 Å². The Morgan fingerprint density at radius 3 is 2.21 bits per heavy atom. The highest BCUT2D eigenvalue weighted by Crippen LogP contribution is 2.34. The van der Waals surface area contributed by atoms with E-state index in [1.165, 1.54) is 12.1 Å². The highest BCUT2D eigenvalue weighted by atomic mass is 32.2. The maximum Gasteiger partial charge on any atom is 0.397 e. The first-order chi connectivity index (χ1) is 6.49. The molecule has 0 aromatic heterocycles. The third-order valence-electron chi connectivity index (χ3n) is 1.45. The van der Waals surface area contributed by atoms with Gasteiger partial charge in [0, 0.05) is 0 Å². The molecule has 1 rings (SSSR count). The average Bonchev–Trinajstić information content (AvgIpc) is 2.14. The molecule has 14 heavy (non-hydrogen) atoms. The van der Waals surface area contributed by atoms with Crippen LogP contribution in [0.1, 0.15) is 11.1 Å². The second-order valence-corrected chi connectivity index (χ2v) is 3.69. The molecule has 0 spiro atoms. The zero-order valence-electron chi connectivity index (χ0n) is 7.09. The molecule has 0 heterocycles. The largest absolute Gasteiger partial charge is 0.397 e. The van der Waals surface area contributed by atoms with Gasteiger partial charge in [0.25, 0.3) is 0 Å². The highest BCUT2D eigenvalue weighted by molar-refractivity contribution is 7.99. The van der Waals surface area contributed by atoms with E-state index in [4.69, 9.17) is 0 Å². The second kappa shape index (κ2) is 4.68. The van der Waals surface area contributed by atoms with E-state index in [1.807, 2.05) is 0 Å². The molecule has 5 heteroatoms. The molecule has 1 unspecified atom stereocenters. The first-order valence-electron chi connectivity index (χ1n) is 3.86. The van der Waals surface area contributed by atoms with Crippen LogP contribution in [-0.2, 0) is 0 Å². The van der Waals surface area contributed by atoms with Crippen molar-refractivity contribution in [3.8, 4) is 0 Å². The van der Waals surface area contributed by atoms with Crippen LogP contribution in [0.4, 0.5) is 17.6 Å². The molecule has 0 bridgehead atoms. The van der Waals surface area contributed by atoms with E-state index < -0.39 is 17.4 Å². The van der Waals surface area contributed by atoms with Crippen molar-refractivity contribution < 1.29 is 17.6 Å². The lowest BCUT2D eigenvalue weighted by Gasteiger charge is -2.09. The van der Waals surface area contributed by atoms with Gasteiger partial charge in [0.15, 0.2) is 5.50 Å². The number of hydrogen-bond acceptors (Lipinski definition) is 1. The molecule has 78 valence electrons. The van der Waals surface area contributed by atoms with Crippen molar-refractivity contribution in [3.63, 3.8) is 0 Å². The zero-order valence-corrected chi connectivity index (χ0v) is 7.91. The van der Waals surface area contributed by atoms with Crippen molar-refractivity contribution in [2.45, 2.75) is 11.7 Å². The molecule has 0 fully saturated rings. The molecule has 0 aliphatic rings. The van der Waals surface area contributed by atoms with Crippen molar-refractivity contribution in [3.05, 3.63) is 35.9 Å². The lowest BCUT2D eigenvalue weighted by atomic mass is 10.2. The molecule has 0 saturated heterocycles. The van der Waals surface area contributed by atoms with Crippen molar-refractivity contribution >= 4 is 11.8 Å². The monoisotopic (exact) mass is 224 g/mol. The van der Waals surface area contributed by atoms with E-state index in [0.29, 0.717) is 0 Å². The van der Waals surface area contributed by atoms with Crippen LogP contribution >= 0.6 is 11.8 Å². The van der Waals surface area contributed by atoms with Crippen molar-refractivity contribution in [2.24, 2.45) is 0 Å². The standard InChI is InChI=1S/C9H8F4S/c10-8(14-6-9(11,12)13)7-4-2-1-3-5-7/h1-5,8H,6H2. The van der Waals surface area contributed by atoms with Crippen molar-refractivity contribution in [1.29, 1.82) is 0 Å². The molecule has 1 atom stereocenters. The summed E-state index contributed by atoms with van der Waals surface area (Å²) in [4.78, 5) is 0. The van der Waals surface area contributed by atoms with Gasteiger partial charge in [0.05, 0.1) is 5.75 Å². The number of alkyl halides is 4. The lowest BCUT2D eigenvalue weighted by Crippen LogP contribution is -2.11. The summed E-state index contributed by atoms with van der Waals surface area (Å²) >= 11 is 0.245. The Labute approximate surface area is 83.3 Å². The number of hydrogen-bond donors (Lipinski definition) is 0. The summed E-state index contributed by atoms with van der Waals surface area (Å²) in [5, 5.41) is 0. The van der Waals surface area contributed by atoms with Crippen LogP contribution in [0.15, 0.2) is 30.3 Å². The molecule has 1 aromatic rings. The second-order valence-electron chi connectivity index (χ2n) is 2.65. The van der Waals surface area contributed by atoms with E-state index in [2.05, 4.69) is 0 Å². The first-order valence-corrected chi connectivity index (χ1v) is 4.91. The van der Waals surface area contributed by atoms with E-state index in [1.54, 1.807) is 18.2 Å². The summed E-state index contributed by atoms with van der Waals surface area (Å²) in [6.45, 7) is 0. The van der Waals surface area contributed by atoms with Gasteiger partial charge in [0.1, 0.15) is 0 Å². The number of thioether (sulfide) groups is 1. The normalized spacial score (nSPS) is 14.0. The predicted octanol–water partition coefficient (Wildman–Crippen LogP) is 3.95.